The topological polar surface area (TPSA) is 0 Å². The normalized spacial score (nSPS) is 16.2. The first-order chi connectivity index (χ1) is 2.45. The fourth-order valence-electron chi connectivity index (χ4n) is 0. The minimum atomic E-state index is -3.29. The summed E-state index contributed by atoms with van der Waals surface area (Å²) in [5, 5.41) is 0. The average molecular weight is 789 g/mol. The second-order valence-electron chi connectivity index (χ2n) is 0.714. The van der Waals surface area contributed by atoms with E-state index in [1.165, 1.54) is 0 Å². The number of hydrogen-bond donors (Lipinski definition) is 0. The van der Waals surface area contributed by atoms with Gasteiger partial charge in [0.1, 0.15) is 0 Å². The monoisotopic (exact) mass is 783 g/mol. The summed E-state index contributed by atoms with van der Waals surface area (Å²) < 4.78 is -3.29. The number of halogens is 6. The second kappa shape index (κ2) is 8.58. The molecule has 10 heteroatoms. The average Bonchev–Trinajstić information content (AvgIpc) is 0.592. The van der Waals surface area contributed by atoms with E-state index in [9.17, 15) is 0 Å². The molecule has 0 radical (unpaired) electrons. The molecule has 0 saturated heterocycles. The molecule has 0 aromatic carbocycles. The van der Waals surface area contributed by atoms with Crippen LogP contribution in [0.4, 0.5) is 0 Å². The van der Waals surface area contributed by atoms with Crippen LogP contribution in [-0.4, -0.2) is 0 Å². The van der Waals surface area contributed by atoms with Gasteiger partial charge in [0.2, 0.25) is 0 Å². The van der Waals surface area contributed by atoms with Crippen LogP contribution in [0.2, 0.25) is 0 Å². The van der Waals surface area contributed by atoms with E-state index >= 15 is 0 Å². The predicted molar refractivity (Wildman–Crippen MR) is 53.6 cm³/mol. The molecule has 0 aliphatic rings. The Balaban J connectivity index is -0.0000000600. The van der Waals surface area contributed by atoms with Crippen LogP contribution in [0, 0.1) is 0 Å². The molecule has 0 nitrogen and oxygen atoms in total. The third-order valence-corrected chi connectivity index (χ3v) is 0. The maximum absolute atomic E-state index is 3.35. The SMILES string of the molecule is [Br][Ir-2]([Br])([Br])([Br])([Br])[Br].[K+].[K+].[K+]. The Bertz CT molecular complexity index is 71.6. The summed E-state index contributed by atoms with van der Waals surface area (Å²) in [6.07, 6.45) is 0. The fraction of sp³-hybridized carbons (Fsp3) is 0. The molecule has 10 heavy (non-hydrogen) atoms. The number of hydrogen-bond acceptors (Lipinski definition) is 0. The van der Waals surface area contributed by atoms with E-state index in [-0.39, 0.29) is 154 Å². The first-order valence-electron chi connectivity index (χ1n) is 0.756. The van der Waals surface area contributed by atoms with Crippen molar-refractivity contribution in [3.8, 4) is 0 Å². The zero-order chi connectivity index (χ0) is 6.41. The van der Waals surface area contributed by atoms with Crippen molar-refractivity contribution in [3.05, 3.63) is 0 Å². The molecule has 0 rings (SSSR count). The van der Waals surface area contributed by atoms with Crippen molar-refractivity contribution in [1.82, 2.24) is 0 Å². The van der Waals surface area contributed by atoms with Crippen LogP contribution in [-0.2, 0) is 0.881 Å². The molecular formula is Br6IrK3+. The van der Waals surface area contributed by atoms with Crippen LogP contribution in [0.1, 0.15) is 0 Å². The van der Waals surface area contributed by atoms with Crippen molar-refractivity contribution in [2.75, 3.05) is 0 Å². The molecule has 0 fully saturated rings. The van der Waals surface area contributed by atoms with Crippen LogP contribution in [0.25, 0.3) is 0 Å². The van der Waals surface area contributed by atoms with Crippen molar-refractivity contribution < 1.29 is 155 Å². The molecule has 0 amide bonds. The molecule has 0 spiro atoms. The van der Waals surface area contributed by atoms with Gasteiger partial charge in [-0.2, -0.15) is 0 Å². The van der Waals surface area contributed by atoms with E-state index in [1.807, 2.05) is 0 Å². The van der Waals surface area contributed by atoms with E-state index in [2.05, 4.69) is 81.0 Å². The van der Waals surface area contributed by atoms with Crippen molar-refractivity contribution in [1.29, 1.82) is 0 Å². The summed E-state index contributed by atoms with van der Waals surface area (Å²) in [4.78, 5) is 0. The molecule has 0 aliphatic carbocycles. The van der Waals surface area contributed by atoms with Gasteiger partial charge in [-0.15, -0.1) is 0 Å². The van der Waals surface area contributed by atoms with Crippen molar-refractivity contribution in [2.24, 2.45) is 0 Å². The van der Waals surface area contributed by atoms with Crippen LogP contribution in [0.15, 0.2) is 0 Å². The zero-order valence-electron chi connectivity index (χ0n) is 5.60. The third-order valence-electron chi connectivity index (χ3n) is 0. The standard InChI is InChI=1S/6BrH.Ir.3K/h6*1H;;;;/q;;;;;;+4;3*+1/p-6. The summed E-state index contributed by atoms with van der Waals surface area (Å²) in [7, 11) is 0. The Labute approximate surface area is 227 Å². The van der Waals surface area contributed by atoms with E-state index in [4.69, 9.17) is 0 Å². The van der Waals surface area contributed by atoms with E-state index in [1.54, 1.807) is 0 Å². The maximum atomic E-state index is 3.35. The molecule has 0 saturated carbocycles. The van der Waals surface area contributed by atoms with Gasteiger partial charge in [0.05, 0.1) is 0 Å². The van der Waals surface area contributed by atoms with Crippen LogP contribution >= 0.6 is 81.0 Å². The molecule has 0 N–H and O–H groups in total. The third kappa shape index (κ3) is 55.0. The minimum Gasteiger partial charge on any atom is 1.00 e. The van der Waals surface area contributed by atoms with Gasteiger partial charge in [0.25, 0.3) is 0 Å². The van der Waals surface area contributed by atoms with Crippen LogP contribution in [0.3, 0.4) is 0 Å². The van der Waals surface area contributed by atoms with Gasteiger partial charge in [-0.05, 0) is 0 Å². The molecule has 0 unspecified atom stereocenters. The van der Waals surface area contributed by atoms with Gasteiger partial charge in [-0.3, -0.25) is 0 Å². The van der Waals surface area contributed by atoms with Gasteiger partial charge < -0.3 is 0 Å². The molecule has 53 valence electrons. The summed E-state index contributed by atoms with van der Waals surface area (Å²) in [5.74, 6) is 0. The minimum absolute atomic E-state index is 0. The van der Waals surface area contributed by atoms with Crippen LogP contribution in [0.5, 0.6) is 0 Å². The fourth-order valence-corrected chi connectivity index (χ4v) is 0. The van der Waals surface area contributed by atoms with Crippen molar-refractivity contribution >= 4 is 81.0 Å². The molecule has 0 aliphatic heterocycles. The van der Waals surface area contributed by atoms with Gasteiger partial charge in [-0.25, -0.2) is 0 Å². The maximum Gasteiger partial charge on any atom is 1.00 e. The molecule has 0 bridgehead atoms. The van der Waals surface area contributed by atoms with E-state index < -0.39 is 0.881 Å². The summed E-state index contributed by atoms with van der Waals surface area (Å²) in [6.45, 7) is 0. The predicted octanol–water partition coefficient (Wildman–Crippen LogP) is -3.92. The van der Waals surface area contributed by atoms with E-state index in [0.717, 1.165) is 0 Å². The van der Waals surface area contributed by atoms with Gasteiger partial charge >= 0.3 is 236 Å². The summed E-state index contributed by atoms with van der Waals surface area (Å²) in [6, 6.07) is 0. The Kier molecular flexibility index (Phi) is 23.1. The smallest absolute Gasteiger partial charge is 1.00 e. The second-order valence-corrected chi connectivity index (χ2v) is 158. The molecule has 0 atom stereocenters. The van der Waals surface area contributed by atoms with Crippen LogP contribution < -0.4 is 154 Å². The quantitative estimate of drug-likeness (QED) is 0.221. The Hall–Kier alpha value is 8.44. The van der Waals surface area contributed by atoms with Crippen molar-refractivity contribution in [2.45, 2.75) is 0 Å². The first kappa shape index (κ1) is 26.9. The summed E-state index contributed by atoms with van der Waals surface area (Å²) in [5.41, 5.74) is 0. The Morgan fingerprint density at radius 2 is 0.500 bits per heavy atom. The van der Waals surface area contributed by atoms with E-state index in [0.29, 0.717) is 0 Å². The molecule has 0 aromatic rings. The van der Waals surface area contributed by atoms with Gasteiger partial charge in [0.15, 0.2) is 0 Å². The molecular weight excluding hydrogens is 789 g/mol. The van der Waals surface area contributed by atoms with Gasteiger partial charge in [-0.1, -0.05) is 0 Å². The Morgan fingerprint density at radius 1 is 0.500 bits per heavy atom. The largest absolute Gasteiger partial charge is 1.00 e. The molecule has 0 heterocycles. The summed E-state index contributed by atoms with van der Waals surface area (Å²) >= 11 is 20.1. The first-order valence-corrected chi connectivity index (χ1v) is 32.2. The molecule has 0 aromatic heterocycles. The number of rotatable bonds is 0. The van der Waals surface area contributed by atoms with Crippen molar-refractivity contribution in [3.63, 3.8) is 0 Å². The Morgan fingerprint density at radius 3 is 0.500 bits per heavy atom. The van der Waals surface area contributed by atoms with Gasteiger partial charge in [0, 0.05) is 0 Å². The zero-order valence-corrected chi connectivity index (χ0v) is 26.9.